The summed E-state index contributed by atoms with van der Waals surface area (Å²) in [6.45, 7) is 4.10. The van der Waals surface area contributed by atoms with E-state index in [1.807, 2.05) is 38.1 Å². The minimum Gasteiger partial charge on any atom is -0.496 e. The first kappa shape index (κ1) is 19.0. The Hall–Kier alpha value is -2.34. The molecule has 1 aromatic heterocycles. The minimum atomic E-state index is -0.942. The number of aliphatic carboxylic acids is 1. The van der Waals surface area contributed by atoms with Crippen LogP contribution in [0.25, 0.3) is 0 Å². The summed E-state index contributed by atoms with van der Waals surface area (Å²) in [7, 11) is 1.56. The first-order valence-corrected chi connectivity index (χ1v) is 9.00. The number of nitrogens with one attached hydrogen (secondary N) is 1. The van der Waals surface area contributed by atoms with E-state index in [0.29, 0.717) is 17.0 Å². The molecule has 0 aliphatic heterocycles. The third-order valence-corrected chi connectivity index (χ3v) is 5.46. The van der Waals surface area contributed by atoms with Gasteiger partial charge in [0.1, 0.15) is 5.75 Å². The average Bonchev–Trinajstić information content (AvgIpc) is 2.99. The summed E-state index contributed by atoms with van der Waals surface area (Å²) in [4.78, 5) is 25.7. The maximum atomic E-state index is 12.3. The molecule has 0 bridgehead atoms. The van der Waals surface area contributed by atoms with Crippen molar-refractivity contribution in [3.05, 3.63) is 51.2 Å². The van der Waals surface area contributed by atoms with Gasteiger partial charge in [-0.1, -0.05) is 25.1 Å². The van der Waals surface area contributed by atoms with E-state index in [9.17, 15) is 14.7 Å². The van der Waals surface area contributed by atoms with Crippen LogP contribution < -0.4 is 10.1 Å². The standard InChI is InChI=1S/C19H23NO4S/c1-4-16-12(2)9-17(25-16)18(21)20-11-14(19(22)23)10-13-7-5-6-8-15(13)24-3/h5-9,14H,4,10-11H2,1-3H3,(H,20,21)(H,22,23). The zero-order valence-corrected chi connectivity index (χ0v) is 15.5. The van der Waals surface area contributed by atoms with Crippen molar-refractivity contribution < 1.29 is 19.4 Å². The predicted molar refractivity (Wildman–Crippen MR) is 98.6 cm³/mol. The highest BCUT2D eigenvalue weighted by molar-refractivity contribution is 7.14. The molecule has 0 spiro atoms. The Morgan fingerprint density at radius 1 is 1.32 bits per heavy atom. The van der Waals surface area contributed by atoms with Gasteiger partial charge in [0.15, 0.2) is 0 Å². The van der Waals surface area contributed by atoms with Crippen molar-refractivity contribution in [1.82, 2.24) is 5.32 Å². The molecule has 0 saturated heterocycles. The van der Waals surface area contributed by atoms with Crippen LogP contribution in [-0.2, 0) is 17.6 Å². The Morgan fingerprint density at radius 3 is 2.64 bits per heavy atom. The third-order valence-electron chi connectivity index (χ3n) is 4.08. The van der Waals surface area contributed by atoms with Crippen molar-refractivity contribution >= 4 is 23.2 Å². The molecule has 1 unspecified atom stereocenters. The summed E-state index contributed by atoms with van der Waals surface area (Å²) in [5.74, 6) is -1.23. The van der Waals surface area contributed by atoms with Crippen LogP contribution in [0.4, 0.5) is 0 Å². The van der Waals surface area contributed by atoms with Crippen LogP contribution in [0.1, 0.15) is 32.6 Å². The lowest BCUT2D eigenvalue weighted by molar-refractivity contribution is -0.141. The second-order valence-electron chi connectivity index (χ2n) is 5.83. The van der Waals surface area contributed by atoms with E-state index in [0.717, 1.165) is 17.5 Å². The number of amides is 1. The molecule has 1 amide bonds. The molecule has 25 heavy (non-hydrogen) atoms. The highest BCUT2D eigenvalue weighted by Gasteiger charge is 2.21. The van der Waals surface area contributed by atoms with E-state index in [2.05, 4.69) is 5.32 Å². The molecule has 6 heteroatoms. The van der Waals surface area contributed by atoms with Gasteiger partial charge in [-0.05, 0) is 43.0 Å². The minimum absolute atomic E-state index is 0.0740. The summed E-state index contributed by atoms with van der Waals surface area (Å²) in [6, 6.07) is 9.18. The van der Waals surface area contributed by atoms with Crippen LogP contribution in [0.5, 0.6) is 5.75 Å². The average molecular weight is 361 g/mol. The molecule has 0 aliphatic carbocycles. The van der Waals surface area contributed by atoms with Gasteiger partial charge in [-0.15, -0.1) is 11.3 Å². The second kappa shape index (κ2) is 8.67. The molecular weight excluding hydrogens is 338 g/mol. The summed E-state index contributed by atoms with van der Waals surface area (Å²) >= 11 is 1.46. The van der Waals surface area contributed by atoms with E-state index in [1.54, 1.807) is 13.2 Å². The lowest BCUT2D eigenvalue weighted by Crippen LogP contribution is -2.33. The predicted octanol–water partition coefficient (Wildman–Crippen LogP) is 3.30. The quantitative estimate of drug-likeness (QED) is 0.756. The number of methoxy groups -OCH3 is 1. The molecule has 0 fully saturated rings. The number of aryl methyl sites for hydroxylation is 2. The van der Waals surface area contributed by atoms with Crippen LogP contribution in [0.15, 0.2) is 30.3 Å². The topological polar surface area (TPSA) is 75.6 Å². The summed E-state index contributed by atoms with van der Waals surface area (Å²) in [6.07, 6.45) is 1.18. The fourth-order valence-electron chi connectivity index (χ4n) is 2.67. The van der Waals surface area contributed by atoms with Gasteiger partial charge in [0.25, 0.3) is 5.91 Å². The van der Waals surface area contributed by atoms with E-state index in [-0.39, 0.29) is 12.5 Å². The van der Waals surface area contributed by atoms with Crippen molar-refractivity contribution in [2.45, 2.75) is 26.7 Å². The number of carbonyl (C=O) groups excluding carboxylic acids is 1. The molecule has 1 atom stereocenters. The van der Waals surface area contributed by atoms with Gasteiger partial charge >= 0.3 is 5.97 Å². The molecule has 0 aliphatic rings. The van der Waals surface area contributed by atoms with E-state index in [1.165, 1.54) is 16.2 Å². The lowest BCUT2D eigenvalue weighted by Gasteiger charge is -2.15. The zero-order chi connectivity index (χ0) is 18.4. The molecule has 2 N–H and O–H groups in total. The highest BCUT2D eigenvalue weighted by Crippen LogP contribution is 2.23. The highest BCUT2D eigenvalue weighted by atomic mass is 32.1. The van der Waals surface area contributed by atoms with Gasteiger partial charge in [-0.2, -0.15) is 0 Å². The van der Waals surface area contributed by atoms with Crippen LogP contribution in [-0.4, -0.2) is 30.6 Å². The molecule has 5 nitrogen and oxygen atoms in total. The lowest BCUT2D eigenvalue weighted by atomic mass is 9.98. The third kappa shape index (κ3) is 4.82. The van der Waals surface area contributed by atoms with Crippen LogP contribution in [0, 0.1) is 12.8 Å². The summed E-state index contributed by atoms with van der Waals surface area (Å²) < 4.78 is 5.27. The number of hydrogen-bond donors (Lipinski definition) is 2. The molecule has 0 saturated carbocycles. The molecule has 2 rings (SSSR count). The van der Waals surface area contributed by atoms with Gasteiger partial charge in [0, 0.05) is 11.4 Å². The number of carboxylic acids is 1. The maximum Gasteiger partial charge on any atom is 0.308 e. The van der Waals surface area contributed by atoms with Crippen LogP contribution in [0.2, 0.25) is 0 Å². The summed E-state index contributed by atoms with van der Waals surface area (Å²) in [5.41, 5.74) is 1.91. The van der Waals surface area contributed by atoms with Gasteiger partial charge in [0.2, 0.25) is 0 Å². The Balaban J connectivity index is 2.04. The SMILES string of the molecule is CCc1sc(C(=O)NCC(Cc2ccccc2OC)C(=O)O)cc1C. The molecule has 1 heterocycles. The summed E-state index contributed by atoms with van der Waals surface area (Å²) in [5, 5.41) is 12.2. The number of rotatable bonds is 8. The van der Waals surface area contributed by atoms with E-state index >= 15 is 0 Å². The van der Waals surface area contributed by atoms with Crippen molar-refractivity contribution in [2.24, 2.45) is 5.92 Å². The second-order valence-corrected chi connectivity index (χ2v) is 6.97. The number of carboxylic acid groups (broad SMARTS) is 1. The Bertz CT molecular complexity index is 754. The van der Waals surface area contributed by atoms with Crippen molar-refractivity contribution in [2.75, 3.05) is 13.7 Å². The fourth-order valence-corrected chi connectivity index (χ4v) is 3.70. The Morgan fingerprint density at radius 2 is 2.04 bits per heavy atom. The van der Waals surface area contributed by atoms with E-state index < -0.39 is 11.9 Å². The largest absolute Gasteiger partial charge is 0.496 e. The fraction of sp³-hybridized carbons (Fsp3) is 0.368. The van der Waals surface area contributed by atoms with Gasteiger partial charge in [-0.25, -0.2) is 0 Å². The van der Waals surface area contributed by atoms with Crippen LogP contribution >= 0.6 is 11.3 Å². The normalized spacial score (nSPS) is 11.8. The first-order valence-electron chi connectivity index (χ1n) is 8.18. The molecule has 1 aromatic carbocycles. The Labute approximate surface area is 151 Å². The first-order chi connectivity index (χ1) is 12.0. The van der Waals surface area contributed by atoms with Gasteiger partial charge in [0.05, 0.1) is 17.9 Å². The van der Waals surface area contributed by atoms with Gasteiger partial charge in [-0.3, -0.25) is 9.59 Å². The van der Waals surface area contributed by atoms with Gasteiger partial charge < -0.3 is 15.2 Å². The monoisotopic (exact) mass is 361 g/mol. The number of thiophene rings is 1. The maximum absolute atomic E-state index is 12.3. The number of hydrogen-bond acceptors (Lipinski definition) is 4. The number of benzene rings is 1. The zero-order valence-electron chi connectivity index (χ0n) is 14.7. The van der Waals surface area contributed by atoms with E-state index in [4.69, 9.17) is 4.74 Å². The molecule has 134 valence electrons. The molecule has 2 aromatic rings. The van der Waals surface area contributed by atoms with Crippen molar-refractivity contribution in [1.29, 1.82) is 0 Å². The number of ether oxygens (including phenoxy) is 1. The van der Waals surface area contributed by atoms with Crippen molar-refractivity contribution in [3.63, 3.8) is 0 Å². The van der Waals surface area contributed by atoms with Crippen LogP contribution in [0.3, 0.4) is 0 Å². The molecular formula is C19H23NO4S. The number of para-hydroxylation sites is 1. The van der Waals surface area contributed by atoms with Crippen molar-refractivity contribution in [3.8, 4) is 5.75 Å². The smallest absolute Gasteiger partial charge is 0.308 e. The number of carbonyl (C=O) groups is 2. The Kier molecular flexibility index (Phi) is 6.58. The molecule has 0 radical (unpaired) electrons.